The predicted octanol–water partition coefficient (Wildman–Crippen LogP) is 2.63. The number of likely N-dealkylation sites (tertiary alicyclic amines) is 1. The van der Waals surface area contributed by atoms with Crippen LogP contribution in [0.15, 0.2) is 18.2 Å². The Bertz CT molecular complexity index is 394. The minimum Gasteiger partial charge on any atom is -0.311 e. The van der Waals surface area contributed by atoms with Crippen molar-refractivity contribution in [3.8, 4) is 0 Å². The van der Waals surface area contributed by atoms with E-state index in [0.29, 0.717) is 6.04 Å². The predicted molar refractivity (Wildman–Crippen MR) is 71.1 cm³/mol. The Balaban J connectivity index is 1.88. The Kier molecular flexibility index (Phi) is 3.17. The molecule has 2 aliphatic heterocycles. The van der Waals surface area contributed by atoms with Gasteiger partial charge in [-0.1, -0.05) is 30.2 Å². The molecule has 0 saturated carbocycles. The fourth-order valence-electron chi connectivity index (χ4n) is 3.22. The minimum absolute atomic E-state index is 0.611. The van der Waals surface area contributed by atoms with Crippen LogP contribution in [0.4, 0.5) is 0 Å². The number of piperidine rings is 1. The van der Waals surface area contributed by atoms with E-state index in [1.165, 1.54) is 43.5 Å². The summed E-state index contributed by atoms with van der Waals surface area (Å²) in [6.45, 7) is 6.90. The van der Waals surface area contributed by atoms with Crippen LogP contribution in [-0.2, 0) is 6.54 Å². The van der Waals surface area contributed by atoms with E-state index in [9.17, 15) is 0 Å². The lowest BCUT2D eigenvalue weighted by atomic mass is 9.93. The molecule has 0 spiro atoms. The lowest BCUT2D eigenvalue weighted by molar-refractivity contribution is 0.154. The molecular weight excluding hydrogens is 208 g/mol. The number of nitrogens with zero attached hydrogens (tertiary/aromatic N) is 1. The Labute approximate surface area is 104 Å². The maximum absolute atomic E-state index is 3.57. The van der Waals surface area contributed by atoms with Crippen LogP contribution in [0.1, 0.15) is 42.0 Å². The first-order valence-corrected chi connectivity index (χ1v) is 6.89. The second kappa shape index (κ2) is 4.79. The van der Waals surface area contributed by atoms with E-state index in [1.54, 1.807) is 5.56 Å². The normalized spacial score (nSPS) is 25.6. The highest BCUT2D eigenvalue weighted by molar-refractivity contribution is 5.35. The molecule has 0 bridgehead atoms. The number of hydrogen-bond acceptors (Lipinski definition) is 2. The van der Waals surface area contributed by atoms with Gasteiger partial charge in [-0.05, 0) is 44.0 Å². The van der Waals surface area contributed by atoms with Crippen LogP contribution >= 0.6 is 0 Å². The summed E-state index contributed by atoms with van der Waals surface area (Å²) >= 11 is 0. The van der Waals surface area contributed by atoms with Crippen molar-refractivity contribution in [3.63, 3.8) is 0 Å². The number of nitrogens with one attached hydrogen (secondary N) is 1. The zero-order valence-electron chi connectivity index (χ0n) is 10.7. The average Bonchev–Trinajstić information content (AvgIpc) is 2.39. The molecule has 1 aromatic rings. The monoisotopic (exact) mass is 230 g/mol. The second-order valence-corrected chi connectivity index (χ2v) is 5.45. The second-order valence-electron chi connectivity index (χ2n) is 5.45. The maximum Gasteiger partial charge on any atom is 0.0476 e. The Morgan fingerprint density at radius 3 is 2.82 bits per heavy atom. The summed E-state index contributed by atoms with van der Waals surface area (Å²) in [6.07, 6.45) is 4.16. The summed E-state index contributed by atoms with van der Waals surface area (Å²) in [4.78, 5) is 2.67. The van der Waals surface area contributed by atoms with E-state index < -0.39 is 0 Å². The van der Waals surface area contributed by atoms with E-state index in [4.69, 9.17) is 0 Å². The fourth-order valence-corrected chi connectivity index (χ4v) is 3.22. The van der Waals surface area contributed by atoms with Gasteiger partial charge in [0.1, 0.15) is 0 Å². The molecule has 1 fully saturated rings. The SMILES string of the molecule is Cc1ccc2c(c1)CNCC2N1CCCCC1. The molecule has 1 saturated heterocycles. The molecule has 1 N–H and O–H groups in total. The van der Waals surface area contributed by atoms with Crippen molar-refractivity contribution in [3.05, 3.63) is 34.9 Å². The molecule has 2 heterocycles. The summed E-state index contributed by atoms with van der Waals surface area (Å²) in [7, 11) is 0. The zero-order chi connectivity index (χ0) is 11.7. The average molecular weight is 230 g/mol. The van der Waals surface area contributed by atoms with Crippen LogP contribution in [-0.4, -0.2) is 24.5 Å². The number of fused-ring (bicyclic) bond motifs is 1. The molecule has 2 nitrogen and oxygen atoms in total. The number of rotatable bonds is 1. The van der Waals surface area contributed by atoms with E-state index in [2.05, 4.69) is 35.3 Å². The fraction of sp³-hybridized carbons (Fsp3) is 0.600. The molecule has 1 unspecified atom stereocenters. The van der Waals surface area contributed by atoms with Crippen molar-refractivity contribution in [2.45, 2.75) is 38.8 Å². The molecule has 1 atom stereocenters. The summed E-state index contributed by atoms with van der Waals surface area (Å²) in [5, 5.41) is 3.57. The minimum atomic E-state index is 0.611. The smallest absolute Gasteiger partial charge is 0.0476 e. The van der Waals surface area contributed by atoms with Gasteiger partial charge in [0.05, 0.1) is 0 Å². The van der Waals surface area contributed by atoms with E-state index >= 15 is 0 Å². The summed E-state index contributed by atoms with van der Waals surface area (Å²) in [5.41, 5.74) is 4.45. The number of benzene rings is 1. The van der Waals surface area contributed by atoms with Gasteiger partial charge < -0.3 is 5.32 Å². The molecule has 2 heteroatoms. The highest BCUT2D eigenvalue weighted by atomic mass is 15.2. The van der Waals surface area contributed by atoms with Gasteiger partial charge in [-0.2, -0.15) is 0 Å². The number of aryl methyl sites for hydroxylation is 1. The van der Waals surface area contributed by atoms with Crippen molar-refractivity contribution < 1.29 is 0 Å². The van der Waals surface area contributed by atoms with Gasteiger partial charge in [0.15, 0.2) is 0 Å². The Morgan fingerprint density at radius 2 is 2.00 bits per heavy atom. The topological polar surface area (TPSA) is 15.3 Å². The first kappa shape index (κ1) is 11.2. The van der Waals surface area contributed by atoms with Gasteiger partial charge in [-0.25, -0.2) is 0 Å². The zero-order valence-corrected chi connectivity index (χ0v) is 10.7. The van der Waals surface area contributed by atoms with Gasteiger partial charge in [-0.15, -0.1) is 0 Å². The van der Waals surface area contributed by atoms with Crippen molar-refractivity contribution in [1.82, 2.24) is 10.2 Å². The van der Waals surface area contributed by atoms with Crippen LogP contribution < -0.4 is 5.32 Å². The molecule has 92 valence electrons. The Hall–Kier alpha value is -0.860. The summed E-state index contributed by atoms with van der Waals surface area (Å²) in [5.74, 6) is 0. The van der Waals surface area contributed by atoms with E-state index in [-0.39, 0.29) is 0 Å². The first-order valence-electron chi connectivity index (χ1n) is 6.89. The van der Waals surface area contributed by atoms with Crippen molar-refractivity contribution in [1.29, 1.82) is 0 Å². The highest BCUT2D eigenvalue weighted by Gasteiger charge is 2.26. The largest absolute Gasteiger partial charge is 0.311 e. The first-order chi connectivity index (χ1) is 8.34. The maximum atomic E-state index is 3.57. The third-order valence-corrected chi connectivity index (χ3v) is 4.14. The van der Waals surface area contributed by atoms with Gasteiger partial charge in [0, 0.05) is 19.1 Å². The van der Waals surface area contributed by atoms with Crippen molar-refractivity contribution in [2.75, 3.05) is 19.6 Å². The van der Waals surface area contributed by atoms with Gasteiger partial charge in [0.2, 0.25) is 0 Å². The molecular formula is C15H22N2. The lowest BCUT2D eigenvalue weighted by Crippen LogP contribution is -2.42. The van der Waals surface area contributed by atoms with Gasteiger partial charge in [0.25, 0.3) is 0 Å². The third-order valence-electron chi connectivity index (χ3n) is 4.14. The van der Waals surface area contributed by atoms with Crippen LogP contribution in [0.25, 0.3) is 0 Å². The van der Waals surface area contributed by atoms with Crippen molar-refractivity contribution >= 4 is 0 Å². The van der Waals surface area contributed by atoms with Crippen LogP contribution in [0.5, 0.6) is 0 Å². The molecule has 17 heavy (non-hydrogen) atoms. The highest BCUT2D eigenvalue weighted by Crippen LogP contribution is 2.29. The standard InChI is InChI=1S/C15H22N2/c1-12-5-6-14-13(9-12)10-16-11-15(14)17-7-3-2-4-8-17/h5-6,9,15-16H,2-4,7-8,10-11H2,1H3. The molecule has 1 aromatic carbocycles. The van der Waals surface area contributed by atoms with E-state index in [0.717, 1.165) is 13.1 Å². The van der Waals surface area contributed by atoms with Crippen LogP contribution in [0, 0.1) is 6.92 Å². The van der Waals surface area contributed by atoms with Crippen molar-refractivity contribution in [2.24, 2.45) is 0 Å². The molecule has 0 radical (unpaired) electrons. The van der Waals surface area contributed by atoms with Crippen LogP contribution in [0.2, 0.25) is 0 Å². The number of hydrogen-bond donors (Lipinski definition) is 1. The van der Waals surface area contributed by atoms with Crippen LogP contribution in [0.3, 0.4) is 0 Å². The van der Waals surface area contributed by atoms with E-state index in [1.807, 2.05) is 0 Å². The van der Waals surface area contributed by atoms with Gasteiger partial charge in [-0.3, -0.25) is 4.90 Å². The summed E-state index contributed by atoms with van der Waals surface area (Å²) < 4.78 is 0. The molecule has 0 amide bonds. The molecule has 0 aliphatic carbocycles. The quantitative estimate of drug-likeness (QED) is 0.798. The van der Waals surface area contributed by atoms with Gasteiger partial charge >= 0.3 is 0 Å². The molecule has 2 aliphatic rings. The lowest BCUT2D eigenvalue weighted by Gasteiger charge is -2.38. The molecule has 0 aromatic heterocycles. The third kappa shape index (κ3) is 2.24. The molecule has 3 rings (SSSR count). The Morgan fingerprint density at radius 1 is 1.18 bits per heavy atom. The summed E-state index contributed by atoms with van der Waals surface area (Å²) in [6, 6.07) is 7.57.